The fraction of sp³-hybridized carbons (Fsp3) is 0.542. The Balaban J connectivity index is 1.32. The number of anilines is 2. The molecule has 0 bridgehead atoms. The molecule has 2 aromatic rings. The summed E-state index contributed by atoms with van der Waals surface area (Å²) in [6, 6.07) is 8.46. The van der Waals surface area contributed by atoms with Crippen molar-refractivity contribution in [2.24, 2.45) is 5.92 Å². The van der Waals surface area contributed by atoms with E-state index in [1.165, 1.54) is 24.4 Å². The van der Waals surface area contributed by atoms with Crippen LogP contribution >= 0.6 is 0 Å². The molecular weight excluding hydrogens is 461 g/mol. The lowest BCUT2D eigenvalue weighted by Gasteiger charge is -2.34. The van der Waals surface area contributed by atoms with Gasteiger partial charge in [0.25, 0.3) is 0 Å². The molecule has 1 atom stereocenters. The highest BCUT2D eigenvalue weighted by Gasteiger charge is 2.32. The summed E-state index contributed by atoms with van der Waals surface area (Å²) >= 11 is 0. The zero-order valence-electron chi connectivity index (χ0n) is 19.3. The highest BCUT2D eigenvalue weighted by molar-refractivity contribution is 5.53. The number of nitrogens with zero attached hydrogens (tertiary/aromatic N) is 4. The molecule has 0 spiro atoms. The number of alkyl halides is 3. The van der Waals surface area contributed by atoms with Gasteiger partial charge in [-0.15, -0.1) is 13.2 Å². The van der Waals surface area contributed by atoms with Crippen molar-refractivity contribution in [2.45, 2.75) is 57.2 Å². The Hall–Kier alpha value is -3.10. The summed E-state index contributed by atoms with van der Waals surface area (Å²) in [6.07, 6.45) is 1.53. The summed E-state index contributed by atoms with van der Waals surface area (Å²) in [4.78, 5) is 10.9. The molecule has 2 fully saturated rings. The van der Waals surface area contributed by atoms with E-state index in [2.05, 4.69) is 36.3 Å². The van der Waals surface area contributed by atoms with E-state index in [1.54, 1.807) is 6.07 Å². The molecule has 1 aliphatic carbocycles. The summed E-state index contributed by atoms with van der Waals surface area (Å²) in [6.45, 7) is 2.42. The summed E-state index contributed by atoms with van der Waals surface area (Å²) in [5, 5.41) is 25.4. The second-order valence-corrected chi connectivity index (χ2v) is 9.07. The van der Waals surface area contributed by atoms with Crippen LogP contribution in [0.15, 0.2) is 30.5 Å². The van der Waals surface area contributed by atoms with Crippen LogP contribution in [0.3, 0.4) is 0 Å². The van der Waals surface area contributed by atoms with Crippen LogP contribution in [0.4, 0.5) is 24.9 Å². The second kappa shape index (κ2) is 11.1. The minimum Gasteiger partial charge on any atom is -0.405 e. The highest BCUT2D eigenvalue weighted by Crippen LogP contribution is 2.30. The van der Waals surface area contributed by atoms with Crippen LogP contribution in [0.1, 0.15) is 43.2 Å². The van der Waals surface area contributed by atoms with Gasteiger partial charge in [-0.05, 0) is 44.1 Å². The van der Waals surface area contributed by atoms with E-state index in [4.69, 9.17) is 0 Å². The molecule has 0 amide bonds. The van der Waals surface area contributed by atoms with Crippen molar-refractivity contribution >= 4 is 11.8 Å². The Morgan fingerprint density at radius 3 is 2.60 bits per heavy atom. The van der Waals surface area contributed by atoms with Crippen molar-refractivity contribution in [3.63, 3.8) is 0 Å². The van der Waals surface area contributed by atoms with Crippen LogP contribution in [0.25, 0.3) is 0 Å². The zero-order valence-corrected chi connectivity index (χ0v) is 19.3. The Bertz CT molecular complexity index is 1040. The van der Waals surface area contributed by atoms with E-state index in [1.807, 2.05) is 0 Å². The number of halogens is 3. The number of aromatic nitrogens is 2. The van der Waals surface area contributed by atoms with Crippen LogP contribution in [0.5, 0.6) is 5.75 Å². The van der Waals surface area contributed by atoms with Gasteiger partial charge in [0.1, 0.15) is 23.2 Å². The Labute approximate surface area is 202 Å². The molecule has 1 saturated heterocycles. The number of nitrogens with one attached hydrogen (secondary N) is 2. The zero-order chi connectivity index (χ0) is 24.8. The van der Waals surface area contributed by atoms with Gasteiger partial charge in [-0.3, -0.25) is 4.90 Å². The minimum absolute atomic E-state index is 0.0206. The van der Waals surface area contributed by atoms with Crippen molar-refractivity contribution in [2.75, 3.05) is 30.3 Å². The largest absolute Gasteiger partial charge is 0.573 e. The van der Waals surface area contributed by atoms with Crippen molar-refractivity contribution in [1.29, 1.82) is 5.26 Å². The summed E-state index contributed by atoms with van der Waals surface area (Å²) < 4.78 is 42.0. The molecule has 1 aromatic carbocycles. The monoisotopic (exact) mass is 490 g/mol. The van der Waals surface area contributed by atoms with Crippen LogP contribution < -0.4 is 15.4 Å². The van der Waals surface area contributed by atoms with Gasteiger partial charge >= 0.3 is 6.36 Å². The first-order valence-corrected chi connectivity index (χ1v) is 11.8. The number of aliphatic hydroxyl groups is 1. The average Bonchev–Trinajstić information content (AvgIpc) is 3.28. The molecular formula is C24H29F3N6O2. The number of rotatable bonds is 8. The van der Waals surface area contributed by atoms with Gasteiger partial charge in [-0.2, -0.15) is 10.2 Å². The van der Waals surface area contributed by atoms with Crippen molar-refractivity contribution in [1.82, 2.24) is 14.9 Å². The fourth-order valence-electron chi connectivity index (χ4n) is 4.79. The maximum Gasteiger partial charge on any atom is 0.573 e. The molecule has 8 nitrogen and oxygen atoms in total. The predicted octanol–water partition coefficient (Wildman–Crippen LogP) is 3.90. The van der Waals surface area contributed by atoms with E-state index >= 15 is 0 Å². The Morgan fingerprint density at radius 2 is 1.91 bits per heavy atom. The van der Waals surface area contributed by atoms with Gasteiger partial charge in [-0.1, -0.05) is 18.2 Å². The van der Waals surface area contributed by atoms with Crippen molar-refractivity contribution in [3.8, 4) is 11.8 Å². The number of β-amino-alcohol motifs (C(OH)–C–C–N with tert-alkyl or cyclic N) is 1. The molecule has 0 radical (unpaired) electrons. The highest BCUT2D eigenvalue weighted by atomic mass is 19.4. The van der Waals surface area contributed by atoms with Gasteiger partial charge in [-0.25, -0.2) is 4.98 Å². The Morgan fingerprint density at radius 1 is 1.14 bits per heavy atom. The number of benzene rings is 1. The molecule has 4 rings (SSSR count). The van der Waals surface area contributed by atoms with Gasteiger partial charge in [0.15, 0.2) is 0 Å². The maximum absolute atomic E-state index is 12.7. The lowest BCUT2D eigenvalue weighted by atomic mass is 9.85. The molecule has 1 unspecified atom stereocenters. The third kappa shape index (κ3) is 6.96. The molecule has 188 valence electrons. The molecule has 11 heteroatoms. The normalized spacial score (nSPS) is 23.0. The maximum atomic E-state index is 12.7. The van der Waals surface area contributed by atoms with Gasteiger partial charge in [0.05, 0.1) is 12.3 Å². The van der Waals surface area contributed by atoms with Crippen molar-refractivity contribution < 1.29 is 23.0 Å². The van der Waals surface area contributed by atoms with Crippen LogP contribution in [-0.4, -0.2) is 58.1 Å². The van der Waals surface area contributed by atoms with E-state index in [0.717, 1.165) is 45.2 Å². The van der Waals surface area contributed by atoms with E-state index in [9.17, 15) is 23.5 Å². The first-order valence-electron chi connectivity index (χ1n) is 11.8. The summed E-state index contributed by atoms with van der Waals surface area (Å²) in [5.41, 5.74) is 0.602. The lowest BCUT2D eigenvalue weighted by Crippen LogP contribution is -2.38. The van der Waals surface area contributed by atoms with Crippen LogP contribution in [0.2, 0.25) is 0 Å². The van der Waals surface area contributed by atoms with E-state index in [0.29, 0.717) is 35.4 Å². The molecule has 1 aromatic heterocycles. The first-order chi connectivity index (χ1) is 16.8. The third-order valence-corrected chi connectivity index (χ3v) is 6.63. The first kappa shape index (κ1) is 25.0. The molecule has 2 aliphatic rings. The fourth-order valence-corrected chi connectivity index (χ4v) is 4.79. The van der Waals surface area contributed by atoms with Gasteiger partial charge in [0.2, 0.25) is 5.95 Å². The van der Waals surface area contributed by atoms with Gasteiger partial charge in [0, 0.05) is 37.8 Å². The number of ether oxygens (including phenoxy) is 1. The number of nitriles is 1. The number of hydrogen-bond acceptors (Lipinski definition) is 8. The molecule has 1 aliphatic heterocycles. The smallest absolute Gasteiger partial charge is 0.405 e. The van der Waals surface area contributed by atoms with Crippen LogP contribution in [-0.2, 0) is 6.54 Å². The van der Waals surface area contributed by atoms with Gasteiger partial charge < -0.3 is 20.5 Å². The quantitative estimate of drug-likeness (QED) is 0.512. The average molecular weight is 491 g/mol. The van der Waals surface area contributed by atoms with E-state index in [-0.39, 0.29) is 24.3 Å². The molecule has 1 saturated carbocycles. The van der Waals surface area contributed by atoms with E-state index < -0.39 is 6.36 Å². The predicted molar refractivity (Wildman–Crippen MR) is 124 cm³/mol. The number of hydrogen-bond donors (Lipinski definition) is 3. The summed E-state index contributed by atoms with van der Waals surface area (Å²) in [5.74, 6) is 0.751. The molecule has 2 heterocycles. The molecule has 35 heavy (non-hydrogen) atoms. The number of likely N-dealkylation sites (tertiary alicyclic amines) is 1. The number of aliphatic hydroxyl groups excluding tert-OH is 1. The molecule has 3 N–H and O–H groups in total. The van der Waals surface area contributed by atoms with Crippen molar-refractivity contribution in [3.05, 3.63) is 41.6 Å². The second-order valence-electron chi connectivity index (χ2n) is 9.07. The SMILES string of the molecule is N#Cc1cnc(NCc2ccccc2OC(F)(F)F)nc1NC[C@H]1CC[C@H](N2CCC(O)C2)CC1. The third-order valence-electron chi connectivity index (χ3n) is 6.63. The topological polar surface area (TPSA) is 106 Å². The standard InChI is InChI=1S/C24H29F3N6O2/c25-24(26,27)35-21-4-2-1-3-17(21)13-30-23-31-14-18(11-28)22(32-23)29-12-16-5-7-19(8-6-16)33-10-9-20(34)15-33/h1-4,14,16,19-20,34H,5-10,12-13,15H2,(H2,29,30,31,32)/t16-,19-,20?. The lowest BCUT2D eigenvalue weighted by molar-refractivity contribution is -0.274. The minimum atomic E-state index is -4.78. The Kier molecular flexibility index (Phi) is 7.93. The number of para-hydroxylation sites is 1. The van der Waals surface area contributed by atoms with Crippen LogP contribution in [0, 0.1) is 17.2 Å². The summed E-state index contributed by atoms with van der Waals surface area (Å²) in [7, 11) is 0.